The maximum absolute atomic E-state index is 13.6. The Labute approximate surface area is 204 Å². The zero-order chi connectivity index (χ0) is 26.4. The van der Waals surface area contributed by atoms with Crippen LogP contribution in [0.1, 0.15) is 38.3 Å². The van der Waals surface area contributed by atoms with Gasteiger partial charge in [-0.3, -0.25) is 24.4 Å². The number of nitrogens with zero attached hydrogens (tertiary/aromatic N) is 4. The summed E-state index contributed by atoms with van der Waals surface area (Å²) in [6.45, 7) is 3.54. The molecule has 0 atom stereocenters. The number of hydrogen-bond donors (Lipinski definition) is 2. The van der Waals surface area contributed by atoms with Crippen molar-refractivity contribution < 1.29 is 27.7 Å². The van der Waals surface area contributed by atoms with Crippen LogP contribution in [0.15, 0.2) is 36.5 Å². The number of rotatable bonds is 6. The van der Waals surface area contributed by atoms with Gasteiger partial charge in [-0.15, -0.1) is 11.3 Å². The minimum absolute atomic E-state index is 0.0456. The molecule has 4 rings (SSSR count). The topological polar surface area (TPSA) is 146 Å². The first-order chi connectivity index (χ1) is 16.9. The van der Waals surface area contributed by atoms with Crippen LogP contribution in [-0.2, 0) is 12.7 Å². The van der Waals surface area contributed by atoms with Crippen LogP contribution in [0.5, 0.6) is 0 Å². The lowest BCUT2D eigenvalue weighted by Crippen LogP contribution is -2.21. The van der Waals surface area contributed by atoms with Gasteiger partial charge < -0.3 is 11.1 Å². The number of nitro groups is 1. The van der Waals surface area contributed by atoms with Gasteiger partial charge in [0, 0.05) is 11.9 Å². The Kier molecular flexibility index (Phi) is 6.22. The number of carbonyl (C=O) groups is 2. The van der Waals surface area contributed by atoms with E-state index in [4.69, 9.17) is 5.73 Å². The molecule has 0 saturated carbocycles. The van der Waals surface area contributed by atoms with E-state index in [1.807, 2.05) is 0 Å². The Hall–Kier alpha value is -4.33. The maximum Gasteiger partial charge on any atom is 0.433 e. The third-order valence-corrected chi connectivity index (χ3v) is 6.41. The molecular weight excluding hydrogens is 501 g/mol. The monoisotopic (exact) mass is 518 g/mol. The molecule has 36 heavy (non-hydrogen) atoms. The van der Waals surface area contributed by atoms with Crippen LogP contribution in [0.4, 0.5) is 24.5 Å². The highest BCUT2D eigenvalue weighted by Gasteiger charge is 2.35. The minimum Gasteiger partial charge on any atom is -0.365 e. The molecule has 0 aliphatic carbocycles. The number of alkyl halides is 3. The molecule has 0 saturated heterocycles. The number of carbonyl (C=O) groups excluding carboxylic acids is 2. The molecule has 0 aliphatic rings. The molecule has 10 nitrogen and oxygen atoms in total. The summed E-state index contributed by atoms with van der Waals surface area (Å²) in [5, 5.41) is 17.7. The average Bonchev–Trinajstić information content (AvgIpc) is 3.40. The maximum atomic E-state index is 13.6. The second-order valence-electron chi connectivity index (χ2n) is 7.67. The van der Waals surface area contributed by atoms with E-state index in [9.17, 15) is 32.9 Å². The van der Waals surface area contributed by atoms with Gasteiger partial charge in [0.25, 0.3) is 11.8 Å². The van der Waals surface area contributed by atoms with E-state index in [0.29, 0.717) is 16.9 Å². The summed E-state index contributed by atoms with van der Waals surface area (Å²) in [6, 6.07) is 7.39. The van der Waals surface area contributed by atoms with Gasteiger partial charge in [-0.25, -0.2) is 4.98 Å². The fraction of sp³-hybridized carbons (Fsp3) is 0.182. The highest BCUT2D eigenvalue weighted by molar-refractivity contribution is 7.21. The summed E-state index contributed by atoms with van der Waals surface area (Å²) in [7, 11) is 0. The highest BCUT2D eigenvalue weighted by atomic mass is 32.1. The van der Waals surface area contributed by atoms with Gasteiger partial charge in [0.05, 0.1) is 10.6 Å². The fourth-order valence-electron chi connectivity index (χ4n) is 3.65. The van der Waals surface area contributed by atoms with Gasteiger partial charge in [0.1, 0.15) is 21.6 Å². The number of anilines is 1. The van der Waals surface area contributed by atoms with Crippen LogP contribution in [0, 0.1) is 17.0 Å². The molecular formula is C22H17F3N6O4S. The smallest absolute Gasteiger partial charge is 0.365 e. The molecule has 3 N–H and O–H groups in total. The number of primary amides is 1. The first-order valence-electron chi connectivity index (χ1n) is 10.4. The SMILES string of the molecule is CCn1ncc([N+](=O)[O-])c1C(=O)Nc1c(C(N)=O)sc2nc(C(F)(F)F)cc(-c3ccc(C)cc3)c12. The molecule has 186 valence electrons. The number of thiophene rings is 1. The van der Waals surface area contributed by atoms with Crippen LogP contribution < -0.4 is 11.1 Å². The van der Waals surface area contributed by atoms with Crippen LogP contribution in [-0.4, -0.2) is 31.5 Å². The van der Waals surface area contributed by atoms with E-state index in [1.54, 1.807) is 38.1 Å². The Bertz CT molecular complexity index is 1530. The largest absolute Gasteiger partial charge is 0.433 e. The molecule has 0 bridgehead atoms. The number of fused-ring (bicyclic) bond motifs is 1. The molecule has 0 fully saturated rings. The number of nitrogens with two attached hydrogens (primary N) is 1. The number of hydrogen-bond acceptors (Lipinski definition) is 7. The number of aromatic nitrogens is 3. The molecule has 14 heteroatoms. The van der Waals surface area contributed by atoms with Crippen LogP contribution in [0.2, 0.25) is 0 Å². The second-order valence-corrected chi connectivity index (χ2v) is 8.67. The van der Waals surface area contributed by atoms with Gasteiger partial charge in [-0.2, -0.15) is 18.3 Å². The summed E-state index contributed by atoms with van der Waals surface area (Å²) in [6.07, 6.45) is -3.88. The Balaban J connectivity index is 1.99. The number of aryl methyl sites for hydroxylation is 2. The van der Waals surface area contributed by atoms with Crippen molar-refractivity contribution >= 4 is 44.7 Å². The van der Waals surface area contributed by atoms with Crippen molar-refractivity contribution in [1.82, 2.24) is 14.8 Å². The molecule has 3 heterocycles. The zero-order valence-electron chi connectivity index (χ0n) is 18.7. The number of amides is 2. The van der Waals surface area contributed by atoms with Crippen molar-refractivity contribution in [3.63, 3.8) is 0 Å². The van der Waals surface area contributed by atoms with Crippen molar-refractivity contribution in [2.75, 3.05) is 5.32 Å². The lowest BCUT2D eigenvalue weighted by Gasteiger charge is -2.13. The summed E-state index contributed by atoms with van der Waals surface area (Å²) < 4.78 is 42.0. The molecule has 1 aromatic carbocycles. The van der Waals surface area contributed by atoms with E-state index < -0.39 is 40.0 Å². The summed E-state index contributed by atoms with van der Waals surface area (Å²) >= 11 is 0.577. The Morgan fingerprint density at radius 3 is 2.47 bits per heavy atom. The van der Waals surface area contributed by atoms with E-state index in [2.05, 4.69) is 15.4 Å². The van der Waals surface area contributed by atoms with E-state index in [-0.39, 0.29) is 32.9 Å². The third-order valence-electron chi connectivity index (χ3n) is 5.31. The van der Waals surface area contributed by atoms with Crippen molar-refractivity contribution in [2.24, 2.45) is 5.73 Å². The lowest BCUT2D eigenvalue weighted by atomic mass is 10.00. The molecule has 0 unspecified atom stereocenters. The standard InChI is InChI=1S/C22H17F3N6O4S/c1-3-30-17(13(9-27-30)31(34)35)20(33)29-16-15-12(11-6-4-10(2)5-7-11)8-14(22(23,24)25)28-21(15)36-18(16)19(26)32/h4-9H,3H2,1-2H3,(H2,26,32)(H,29,33). The van der Waals surface area contributed by atoms with Crippen molar-refractivity contribution in [1.29, 1.82) is 0 Å². The number of pyridine rings is 1. The number of nitrogens with one attached hydrogen (secondary N) is 1. The van der Waals surface area contributed by atoms with Gasteiger partial charge in [-0.1, -0.05) is 29.8 Å². The molecule has 4 aromatic rings. The van der Waals surface area contributed by atoms with Crippen LogP contribution >= 0.6 is 11.3 Å². The molecule has 3 aromatic heterocycles. The van der Waals surface area contributed by atoms with Gasteiger partial charge in [-0.05, 0) is 31.0 Å². The van der Waals surface area contributed by atoms with E-state index in [1.165, 1.54) is 0 Å². The van der Waals surface area contributed by atoms with Crippen molar-refractivity contribution in [2.45, 2.75) is 26.6 Å². The van der Waals surface area contributed by atoms with Gasteiger partial charge >= 0.3 is 11.9 Å². The van der Waals surface area contributed by atoms with Crippen LogP contribution in [0.25, 0.3) is 21.3 Å². The Morgan fingerprint density at radius 2 is 1.92 bits per heavy atom. The first kappa shape index (κ1) is 24.8. The van der Waals surface area contributed by atoms with Crippen LogP contribution in [0.3, 0.4) is 0 Å². The number of benzene rings is 1. The normalized spacial score (nSPS) is 11.6. The Morgan fingerprint density at radius 1 is 1.25 bits per heavy atom. The number of halogens is 3. The third kappa shape index (κ3) is 4.37. The van der Waals surface area contributed by atoms with Crippen molar-refractivity contribution in [3.05, 3.63) is 68.5 Å². The van der Waals surface area contributed by atoms with Gasteiger partial charge in [0.15, 0.2) is 0 Å². The van der Waals surface area contributed by atoms with Crippen molar-refractivity contribution in [3.8, 4) is 11.1 Å². The fourth-order valence-corrected chi connectivity index (χ4v) is 4.66. The first-order valence-corrected chi connectivity index (χ1v) is 11.2. The predicted molar refractivity (Wildman–Crippen MR) is 126 cm³/mol. The predicted octanol–water partition coefficient (Wildman–Crippen LogP) is 4.77. The summed E-state index contributed by atoms with van der Waals surface area (Å²) in [4.78, 5) is 39.3. The van der Waals surface area contributed by atoms with Gasteiger partial charge in [0.2, 0.25) is 5.69 Å². The van der Waals surface area contributed by atoms with E-state index in [0.717, 1.165) is 22.5 Å². The second kappa shape index (κ2) is 9.03. The lowest BCUT2D eigenvalue weighted by molar-refractivity contribution is -0.385. The summed E-state index contributed by atoms with van der Waals surface area (Å²) in [5.74, 6) is -2.01. The average molecular weight is 518 g/mol. The molecule has 0 radical (unpaired) electrons. The highest BCUT2D eigenvalue weighted by Crippen LogP contribution is 2.44. The summed E-state index contributed by atoms with van der Waals surface area (Å²) in [5.41, 5.74) is 4.40. The zero-order valence-corrected chi connectivity index (χ0v) is 19.5. The molecule has 0 spiro atoms. The molecule has 2 amide bonds. The quantitative estimate of drug-likeness (QED) is 0.278. The van der Waals surface area contributed by atoms with E-state index >= 15 is 0 Å². The minimum atomic E-state index is -4.79. The molecule has 0 aliphatic heterocycles.